The lowest BCUT2D eigenvalue weighted by atomic mass is 10.0. The zero-order chi connectivity index (χ0) is 15.8. The molecular weight excluding hydrogens is 274 g/mol. The van der Waals surface area contributed by atoms with Crippen LogP contribution in [-0.4, -0.2) is 47.5 Å². The molecule has 0 N–H and O–H groups in total. The van der Waals surface area contributed by atoms with Crippen molar-refractivity contribution >= 4 is 0 Å². The third-order valence-electron chi connectivity index (χ3n) is 4.39. The van der Waals surface area contributed by atoms with Crippen molar-refractivity contribution in [2.75, 3.05) is 32.7 Å². The van der Waals surface area contributed by atoms with Crippen LogP contribution in [0.5, 0.6) is 0 Å². The first kappa shape index (κ1) is 16.4. The van der Waals surface area contributed by atoms with E-state index in [1.165, 1.54) is 5.56 Å². The topological polar surface area (TPSA) is 67.0 Å². The van der Waals surface area contributed by atoms with Gasteiger partial charge in [-0.1, -0.05) is 6.07 Å². The quantitative estimate of drug-likeness (QED) is 0.805. The molecule has 2 atom stereocenters. The normalized spacial score (nSPS) is 19.0. The van der Waals surface area contributed by atoms with Crippen molar-refractivity contribution in [3.05, 3.63) is 30.1 Å². The van der Waals surface area contributed by atoms with E-state index in [0.29, 0.717) is 18.9 Å². The lowest BCUT2D eigenvalue weighted by Crippen LogP contribution is -2.48. The molecule has 0 radical (unpaired) electrons. The second kappa shape index (κ2) is 8.48. The van der Waals surface area contributed by atoms with Gasteiger partial charge in [-0.05, 0) is 25.0 Å². The predicted molar refractivity (Wildman–Crippen MR) is 84.6 cm³/mol. The molecule has 0 spiro atoms. The largest absolute Gasteiger partial charge is 0.299 e. The first-order valence-corrected chi connectivity index (χ1v) is 7.87. The number of hydrogen-bond donors (Lipinski definition) is 0. The highest BCUT2D eigenvalue weighted by molar-refractivity contribution is 5.13. The average Bonchev–Trinajstić information content (AvgIpc) is 2.59. The molecular formula is C17H23N5. The van der Waals surface area contributed by atoms with E-state index in [1.54, 1.807) is 6.20 Å². The highest BCUT2D eigenvalue weighted by atomic mass is 15.3. The van der Waals surface area contributed by atoms with Crippen LogP contribution in [0.3, 0.4) is 0 Å². The smallest absolute Gasteiger partial charge is 0.0669 e. The predicted octanol–water partition coefficient (Wildman–Crippen LogP) is 2.20. The Bertz CT molecular complexity index is 522. The van der Waals surface area contributed by atoms with Crippen LogP contribution in [0.25, 0.3) is 0 Å². The van der Waals surface area contributed by atoms with E-state index in [9.17, 15) is 0 Å². The lowest BCUT2D eigenvalue weighted by molar-refractivity contribution is 0.0954. The molecule has 1 aliphatic rings. The maximum absolute atomic E-state index is 9.17. The Hall–Kier alpha value is -1.95. The Morgan fingerprint density at radius 3 is 2.64 bits per heavy atom. The van der Waals surface area contributed by atoms with Crippen LogP contribution in [-0.2, 0) is 0 Å². The van der Waals surface area contributed by atoms with Gasteiger partial charge in [0.05, 0.1) is 18.1 Å². The van der Waals surface area contributed by atoms with Crippen LogP contribution in [0.4, 0.5) is 0 Å². The molecule has 0 bridgehead atoms. The molecule has 5 nitrogen and oxygen atoms in total. The minimum Gasteiger partial charge on any atom is -0.299 e. The molecule has 1 aromatic heterocycles. The van der Waals surface area contributed by atoms with Gasteiger partial charge < -0.3 is 0 Å². The Labute approximate surface area is 132 Å². The van der Waals surface area contributed by atoms with Crippen molar-refractivity contribution in [2.24, 2.45) is 5.92 Å². The van der Waals surface area contributed by atoms with Crippen molar-refractivity contribution < 1.29 is 0 Å². The molecule has 0 aliphatic carbocycles. The molecule has 5 heteroatoms. The minimum atomic E-state index is -0.0260. The van der Waals surface area contributed by atoms with Crippen LogP contribution < -0.4 is 0 Å². The molecule has 2 heterocycles. The van der Waals surface area contributed by atoms with Crippen molar-refractivity contribution in [3.63, 3.8) is 0 Å². The van der Waals surface area contributed by atoms with Crippen LogP contribution in [0.1, 0.15) is 31.4 Å². The summed E-state index contributed by atoms with van der Waals surface area (Å²) in [5.41, 5.74) is 1.25. The standard InChI is InChI=1S/C17H23N5/c1-15(17-5-3-7-20-13-17)22-10-8-21(9-11-22)14-16(12-19)4-2-6-18/h3,5,7,13,15-16H,2,4,8-11,14H2,1H3/t15-,16-/m1/s1. The molecule has 0 unspecified atom stereocenters. The molecule has 2 rings (SSSR count). The van der Waals surface area contributed by atoms with Crippen molar-refractivity contribution in [3.8, 4) is 12.1 Å². The van der Waals surface area contributed by atoms with Gasteiger partial charge in [-0.25, -0.2) is 0 Å². The van der Waals surface area contributed by atoms with Crippen molar-refractivity contribution in [1.82, 2.24) is 14.8 Å². The van der Waals surface area contributed by atoms with E-state index in [1.807, 2.05) is 12.3 Å². The molecule has 116 valence electrons. The summed E-state index contributed by atoms with van der Waals surface area (Å²) in [6.45, 7) is 6.98. The van der Waals surface area contributed by atoms with E-state index >= 15 is 0 Å². The molecule has 1 aliphatic heterocycles. The number of nitrogens with zero attached hydrogens (tertiary/aromatic N) is 5. The summed E-state index contributed by atoms with van der Waals surface area (Å²) in [5.74, 6) is -0.0260. The Kier molecular flexibility index (Phi) is 6.33. The van der Waals surface area contributed by atoms with Crippen LogP contribution >= 0.6 is 0 Å². The Morgan fingerprint density at radius 2 is 2.05 bits per heavy atom. The van der Waals surface area contributed by atoms with Gasteiger partial charge in [0.15, 0.2) is 0 Å². The van der Waals surface area contributed by atoms with Gasteiger partial charge in [0.2, 0.25) is 0 Å². The van der Waals surface area contributed by atoms with Gasteiger partial charge in [0.25, 0.3) is 0 Å². The molecule has 0 saturated carbocycles. The monoisotopic (exact) mass is 297 g/mol. The maximum Gasteiger partial charge on any atom is 0.0669 e. The third-order valence-corrected chi connectivity index (χ3v) is 4.39. The van der Waals surface area contributed by atoms with E-state index in [2.05, 4.69) is 39.9 Å². The highest BCUT2D eigenvalue weighted by Crippen LogP contribution is 2.21. The summed E-state index contributed by atoms with van der Waals surface area (Å²) in [6.07, 6.45) is 4.89. The fourth-order valence-electron chi connectivity index (χ4n) is 2.91. The third kappa shape index (κ3) is 4.53. The number of piperazine rings is 1. The van der Waals surface area contributed by atoms with Crippen molar-refractivity contribution in [2.45, 2.75) is 25.8 Å². The zero-order valence-electron chi connectivity index (χ0n) is 13.1. The second-order valence-corrected chi connectivity index (χ2v) is 5.82. The summed E-state index contributed by atoms with van der Waals surface area (Å²) < 4.78 is 0. The number of pyridine rings is 1. The summed E-state index contributed by atoms with van der Waals surface area (Å²) >= 11 is 0. The van der Waals surface area contributed by atoms with Crippen LogP contribution in [0, 0.1) is 28.6 Å². The lowest BCUT2D eigenvalue weighted by Gasteiger charge is -2.38. The molecule has 0 aromatic carbocycles. The summed E-state index contributed by atoms with van der Waals surface area (Å²) in [5, 5.41) is 17.8. The van der Waals surface area contributed by atoms with Gasteiger partial charge in [-0.3, -0.25) is 14.8 Å². The number of rotatable bonds is 6. The number of aromatic nitrogens is 1. The number of hydrogen-bond acceptors (Lipinski definition) is 5. The second-order valence-electron chi connectivity index (χ2n) is 5.82. The summed E-state index contributed by atoms with van der Waals surface area (Å²) in [7, 11) is 0. The van der Waals surface area contributed by atoms with Gasteiger partial charge >= 0.3 is 0 Å². The first-order valence-electron chi connectivity index (χ1n) is 7.87. The average molecular weight is 297 g/mol. The van der Waals surface area contributed by atoms with Gasteiger partial charge in [-0.15, -0.1) is 0 Å². The van der Waals surface area contributed by atoms with E-state index in [0.717, 1.165) is 32.7 Å². The molecule has 1 saturated heterocycles. The van der Waals surface area contributed by atoms with E-state index in [-0.39, 0.29) is 5.92 Å². The van der Waals surface area contributed by atoms with Crippen LogP contribution in [0.2, 0.25) is 0 Å². The molecule has 0 amide bonds. The van der Waals surface area contributed by atoms with Gasteiger partial charge in [0, 0.05) is 57.6 Å². The fraction of sp³-hybridized carbons (Fsp3) is 0.588. The summed E-state index contributed by atoms with van der Waals surface area (Å²) in [6, 6.07) is 8.94. The van der Waals surface area contributed by atoms with Gasteiger partial charge in [-0.2, -0.15) is 10.5 Å². The Morgan fingerprint density at radius 1 is 1.27 bits per heavy atom. The highest BCUT2D eigenvalue weighted by Gasteiger charge is 2.23. The Balaban J connectivity index is 1.80. The van der Waals surface area contributed by atoms with E-state index < -0.39 is 0 Å². The fourth-order valence-corrected chi connectivity index (χ4v) is 2.91. The summed E-state index contributed by atoms with van der Waals surface area (Å²) in [4.78, 5) is 9.00. The van der Waals surface area contributed by atoms with E-state index in [4.69, 9.17) is 10.5 Å². The molecule has 1 aromatic rings. The molecule has 1 fully saturated rings. The first-order chi connectivity index (χ1) is 10.7. The SMILES string of the molecule is C[C@H](c1cccnc1)N1CCN(C[C@@H](C#N)CCC#N)CC1. The zero-order valence-corrected chi connectivity index (χ0v) is 13.1. The maximum atomic E-state index is 9.17. The van der Waals surface area contributed by atoms with Crippen molar-refractivity contribution in [1.29, 1.82) is 10.5 Å². The number of nitriles is 2. The van der Waals surface area contributed by atoms with Gasteiger partial charge in [0.1, 0.15) is 0 Å². The molecule has 22 heavy (non-hydrogen) atoms. The van der Waals surface area contributed by atoms with Crippen LogP contribution in [0.15, 0.2) is 24.5 Å². The minimum absolute atomic E-state index is 0.0260.